The van der Waals surface area contributed by atoms with Crippen LogP contribution in [0.3, 0.4) is 0 Å². The van der Waals surface area contributed by atoms with Gasteiger partial charge in [-0.2, -0.15) is 0 Å². The van der Waals surface area contributed by atoms with Gasteiger partial charge in [-0.3, -0.25) is 4.79 Å². The van der Waals surface area contributed by atoms with Crippen LogP contribution in [0.5, 0.6) is 11.5 Å². The fourth-order valence-electron chi connectivity index (χ4n) is 2.81. The molecular formula is C19H25N3O3. The van der Waals surface area contributed by atoms with E-state index >= 15 is 0 Å². The number of imidazole rings is 1. The Morgan fingerprint density at radius 2 is 2.08 bits per heavy atom. The van der Waals surface area contributed by atoms with Crippen LogP contribution in [0.2, 0.25) is 0 Å². The third-order valence-electron chi connectivity index (χ3n) is 4.16. The summed E-state index contributed by atoms with van der Waals surface area (Å²) in [5.41, 5.74) is 1.18. The summed E-state index contributed by atoms with van der Waals surface area (Å²) in [5.74, 6) is 1.75. The summed E-state index contributed by atoms with van der Waals surface area (Å²) in [6.45, 7) is 2.96. The molecule has 6 heteroatoms. The second-order valence-electron chi connectivity index (χ2n) is 6.19. The minimum atomic E-state index is 0.111. The van der Waals surface area contributed by atoms with Crippen molar-refractivity contribution in [3.05, 3.63) is 42.5 Å². The maximum atomic E-state index is 11.9. The highest BCUT2D eigenvalue weighted by Gasteiger charge is 2.10. The van der Waals surface area contributed by atoms with E-state index in [9.17, 15) is 4.79 Å². The van der Waals surface area contributed by atoms with E-state index in [2.05, 4.69) is 16.4 Å². The van der Waals surface area contributed by atoms with Crippen LogP contribution in [0, 0.1) is 0 Å². The van der Waals surface area contributed by atoms with Crippen LogP contribution >= 0.6 is 0 Å². The lowest BCUT2D eigenvalue weighted by Crippen LogP contribution is -2.24. The number of nitrogens with zero attached hydrogens (tertiary/aromatic N) is 2. The molecule has 1 N–H and O–H groups in total. The highest BCUT2D eigenvalue weighted by molar-refractivity contribution is 5.75. The van der Waals surface area contributed by atoms with E-state index in [0.29, 0.717) is 26.2 Å². The molecule has 0 bridgehead atoms. The summed E-state index contributed by atoms with van der Waals surface area (Å²) in [7, 11) is 0. The first-order valence-corrected chi connectivity index (χ1v) is 8.92. The molecule has 0 saturated heterocycles. The standard InChI is InChI=1S/C19H25N3O3/c23-19(21-8-2-10-22-11-9-20-15-22)5-1-4-16-6-7-17-18(14-16)25-13-3-12-24-17/h6-7,9,11,14-15H,1-5,8,10,12-13H2,(H,21,23). The predicted octanol–water partition coefficient (Wildman–Crippen LogP) is 2.57. The molecule has 0 saturated carbocycles. The smallest absolute Gasteiger partial charge is 0.220 e. The van der Waals surface area contributed by atoms with Crippen LogP contribution in [-0.4, -0.2) is 35.2 Å². The molecule has 0 atom stereocenters. The largest absolute Gasteiger partial charge is 0.490 e. The summed E-state index contributed by atoms with van der Waals surface area (Å²) >= 11 is 0. The van der Waals surface area contributed by atoms with Crippen LogP contribution in [0.4, 0.5) is 0 Å². The molecule has 1 aliphatic heterocycles. The number of fused-ring (bicyclic) bond motifs is 1. The number of carbonyl (C=O) groups is 1. The second kappa shape index (κ2) is 9.11. The normalized spacial score (nSPS) is 13.3. The monoisotopic (exact) mass is 343 g/mol. The highest BCUT2D eigenvalue weighted by Crippen LogP contribution is 2.30. The molecule has 2 aromatic rings. The Labute approximate surface area is 148 Å². The van der Waals surface area contributed by atoms with Gasteiger partial charge in [-0.15, -0.1) is 0 Å². The third kappa shape index (κ3) is 5.52. The average molecular weight is 343 g/mol. The minimum Gasteiger partial charge on any atom is -0.490 e. The molecule has 134 valence electrons. The van der Waals surface area contributed by atoms with Crippen molar-refractivity contribution in [2.45, 2.75) is 38.6 Å². The molecule has 1 aromatic carbocycles. The second-order valence-corrected chi connectivity index (χ2v) is 6.19. The van der Waals surface area contributed by atoms with Crippen LogP contribution < -0.4 is 14.8 Å². The zero-order chi connectivity index (χ0) is 17.3. The van der Waals surface area contributed by atoms with Crippen molar-refractivity contribution in [3.63, 3.8) is 0 Å². The molecule has 0 radical (unpaired) electrons. The summed E-state index contributed by atoms with van der Waals surface area (Å²) in [6.07, 6.45) is 9.52. The van der Waals surface area contributed by atoms with Gasteiger partial charge < -0.3 is 19.4 Å². The Bertz CT molecular complexity index is 671. The zero-order valence-electron chi connectivity index (χ0n) is 14.4. The number of benzene rings is 1. The Balaban J connectivity index is 1.33. The van der Waals surface area contributed by atoms with Crippen LogP contribution in [0.1, 0.15) is 31.2 Å². The van der Waals surface area contributed by atoms with Gasteiger partial charge in [0, 0.05) is 38.3 Å². The number of amides is 1. The van der Waals surface area contributed by atoms with E-state index < -0.39 is 0 Å². The molecule has 0 spiro atoms. The maximum Gasteiger partial charge on any atom is 0.220 e. The summed E-state index contributed by atoms with van der Waals surface area (Å²) in [4.78, 5) is 15.9. The van der Waals surface area contributed by atoms with Crippen LogP contribution in [0.25, 0.3) is 0 Å². The highest BCUT2D eigenvalue weighted by atomic mass is 16.5. The maximum absolute atomic E-state index is 11.9. The van der Waals surface area contributed by atoms with E-state index in [0.717, 1.165) is 43.7 Å². The molecule has 2 heterocycles. The average Bonchev–Trinajstić information content (AvgIpc) is 3.03. The SMILES string of the molecule is O=C(CCCc1ccc2c(c1)OCCCO2)NCCCn1ccnc1. The molecule has 0 unspecified atom stereocenters. The fraction of sp³-hybridized carbons (Fsp3) is 0.474. The molecule has 3 rings (SSSR count). The number of hydrogen-bond acceptors (Lipinski definition) is 4. The van der Waals surface area contributed by atoms with Gasteiger partial charge in [0.2, 0.25) is 5.91 Å². The van der Waals surface area contributed by atoms with E-state index in [4.69, 9.17) is 9.47 Å². The van der Waals surface area contributed by atoms with Crippen LogP contribution in [-0.2, 0) is 17.8 Å². The first-order chi connectivity index (χ1) is 12.3. The Morgan fingerprint density at radius 3 is 2.92 bits per heavy atom. The Kier molecular flexibility index (Phi) is 6.31. The van der Waals surface area contributed by atoms with Gasteiger partial charge in [-0.1, -0.05) is 6.07 Å². The number of hydrogen-bond donors (Lipinski definition) is 1. The predicted molar refractivity (Wildman–Crippen MR) is 94.8 cm³/mol. The lowest BCUT2D eigenvalue weighted by atomic mass is 10.1. The number of aromatic nitrogens is 2. The van der Waals surface area contributed by atoms with Gasteiger partial charge in [0.25, 0.3) is 0 Å². The summed E-state index contributed by atoms with van der Waals surface area (Å²) in [5, 5.41) is 2.97. The summed E-state index contributed by atoms with van der Waals surface area (Å²) in [6, 6.07) is 6.05. The third-order valence-corrected chi connectivity index (χ3v) is 4.16. The van der Waals surface area contributed by atoms with Crippen molar-refractivity contribution in [2.75, 3.05) is 19.8 Å². The number of carbonyl (C=O) groups excluding carboxylic acids is 1. The van der Waals surface area contributed by atoms with Gasteiger partial charge >= 0.3 is 0 Å². The molecule has 1 aliphatic rings. The van der Waals surface area contributed by atoms with Crippen molar-refractivity contribution in [1.29, 1.82) is 0 Å². The molecule has 0 fully saturated rings. The first-order valence-electron chi connectivity index (χ1n) is 8.92. The molecule has 1 aromatic heterocycles. The molecule has 0 aliphatic carbocycles. The van der Waals surface area contributed by atoms with E-state index in [1.807, 2.05) is 22.9 Å². The van der Waals surface area contributed by atoms with E-state index in [1.54, 1.807) is 12.5 Å². The van der Waals surface area contributed by atoms with Crippen LogP contribution in [0.15, 0.2) is 36.9 Å². The number of nitrogens with one attached hydrogen (secondary N) is 1. The molecule has 6 nitrogen and oxygen atoms in total. The van der Waals surface area contributed by atoms with Gasteiger partial charge in [-0.25, -0.2) is 4.98 Å². The minimum absolute atomic E-state index is 0.111. The van der Waals surface area contributed by atoms with Crippen molar-refractivity contribution in [2.24, 2.45) is 0 Å². The number of aryl methyl sites for hydroxylation is 2. The van der Waals surface area contributed by atoms with E-state index in [-0.39, 0.29) is 5.91 Å². The fourth-order valence-corrected chi connectivity index (χ4v) is 2.81. The zero-order valence-corrected chi connectivity index (χ0v) is 14.4. The van der Waals surface area contributed by atoms with Crippen molar-refractivity contribution >= 4 is 5.91 Å². The quantitative estimate of drug-likeness (QED) is 0.748. The number of ether oxygens (including phenoxy) is 2. The van der Waals surface area contributed by atoms with Gasteiger partial charge in [-0.05, 0) is 37.0 Å². The van der Waals surface area contributed by atoms with E-state index in [1.165, 1.54) is 5.56 Å². The molecular weight excluding hydrogens is 318 g/mol. The molecule has 25 heavy (non-hydrogen) atoms. The summed E-state index contributed by atoms with van der Waals surface area (Å²) < 4.78 is 13.3. The Morgan fingerprint density at radius 1 is 1.20 bits per heavy atom. The number of rotatable bonds is 8. The van der Waals surface area contributed by atoms with Gasteiger partial charge in [0.1, 0.15) is 0 Å². The van der Waals surface area contributed by atoms with Gasteiger partial charge in [0.15, 0.2) is 11.5 Å². The van der Waals surface area contributed by atoms with Crippen molar-refractivity contribution in [1.82, 2.24) is 14.9 Å². The topological polar surface area (TPSA) is 65.4 Å². The lowest BCUT2D eigenvalue weighted by Gasteiger charge is -2.09. The van der Waals surface area contributed by atoms with Gasteiger partial charge in [0.05, 0.1) is 19.5 Å². The molecule has 1 amide bonds. The lowest BCUT2D eigenvalue weighted by molar-refractivity contribution is -0.121. The van der Waals surface area contributed by atoms with Crippen molar-refractivity contribution < 1.29 is 14.3 Å². The Hall–Kier alpha value is -2.50. The van der Waals surface area contributed by atoms with Crippen molar-refractivity contribution in [3.8, 4) is 11.5 Å². The first kappa shape index (κ1) is 17.3.